The van der Waals surface area contributed by atoms with E-state index in [0.29, 0.717) is 24.7 Å². The van der Waals surface area contributed by atoms with E-state index in [4.69, 9.17) is 4.98 Å². The number of aryl methyl sites for hydroxylation is 1. The SMILES string of the molecule is CC(C)CC(=O)/C=C(\O)CC(C)C.Cc1c[c-]c2c(c1)-c1ccccc1-c1cc(C(C)(C)C)cc3ccnc-2c13.[Ir]. The molecule has 0 bridgehead atoms. The van der Waals surface area contributed by atoms with E-state index in [1.165, 1.54) is 50.2 Å². The fourth-order valence-corrected chi connectivity index (χ4v) is 5.24. The molecule has 4 heteroatoms. The summed E-state index contributed by atoms with van der Waals surface area (Å²) in [5.74, 6) is 0.979. The summed E-state index contributed by atoms with van der Waals surface area (Å²) in [5.41, 5.74) is 9.83. The molecule has 0 saturated carbocycles. The molecule has 217 valence electrons. The topological polar surface area (TPSA) is 50.2 Å². The van der Waals surface area contributed by atoms with Gasteiger partial charge in [0.25, 0.3) is 0 Å². The number of aromatic nitrogens is 1. The van der Waals surface area contributed by atoms with Crippen molar-refractivity contribution in [3.05, 3.63) is 89.8 Å². The normalized spacial score (nSPS) is 12.2. The molecule has 1 aliphatic carbocycles. The molecule has 0 amide bonds. The Morgan fingerprint density at radius 3 is 2.17 bits per heavy atom. The molecule has 1 aromatic heterocycles. The third kappa shape index (κ3) is 7.61. The summed E-state index contributed by atoms with van der Waals surface area (Å²) < 4.78 is 0. The van der Waals surface area contributed by atoms with Gasteiger partial charge in [-0.15, -0.1) is 29.3 Å². The molecule has 5 rings (SSSR count). The molecule has 0 fully saturated rings. The van der Waals surface area contributed by atoms with Gasteiger partial charge in [0.05, 0.1) is 5.76 Å². The average molecular weight is 725 g/mol. The van der Waals surface area contributed by atoms with Gasteiger partial charge in [-0.05, 0) is 56.5 Å². The van der Waals surface area contributed by atoms with Crippen molar-refractivity contribution >= 4 is 16.6 Å². The van der Waals surface area contributed by atoms with Gasteiger partial charge in [0.15, 0.2) is 5.78 Å². The second kappa shape index (κ2) is 13.3. The number of nitrogens with zero attached hydrogens (tertiary/aromatic N) is 1. The number of aliphatic hydroxyl groups excluding tert-OH is 1. The van der Waals surface area contributed by atoms with Gasteiger partial charge >= 0.3 is 0 Å². The molecule has 4 aromatic rings. The number of benzene rings is 3. The van der Waals surface area contributed by atoms with Crippen LogP contribution < -0.4 is 0 Å². The third-order valence-corrected chi connectivity index (χ3v) is 7.11. The number of aliphatic hydroxyl groups is 1. The molecular weight excluding hydrogens is 683 g/mol. The summed E-state index contributed by atoms with van der Waals surface area (Å²) in [7, 11) is 0. The van der Waals surface area contributed by atoms with Crippen molar-refractivity contribution in [1.29, 1.82) is 0 Å². The molecular formula is C37H42IrNO2-. The Morgan fingerprint density at radius 1 is 0.927 bits per heavy atom. The van der Waals surface area contributed by atoms with E-state index in [9.17, 15) is 9.90 Å². The molecule has 41 heavy (non-hydrogen) atoms. The monoisotopic (exact) mass is 725 g/mol. The second-order valence-corrected chi connectivity index (χ2v) is 12.8. The van der Waals surface area contributed by atoms with Crippen LogP contribution in [0, 0.1) is 24.8 Å². The van der Waals surface area contributed by atoms with Gasteiger partial charge in [-0.2, -0.15) is 0 Å². The van der Waals surface area contributed by atoms with Gasteiger partial charge in [0, 0.05) is 45.2 Å². The smallest absolute Gasteiger partial charge is 0.159 e. The van der Waals surface area contributed by atoms with Gasteiger partial charge in [-0.3, -0.25) is 4.79 Å². The number of hydrogen-bond donors (Lipinski definition) is 1. The Kier molecular flexibility index (Phi) is 10.5. The van der Waals surface area contributed by atoms with Crippen molar-refractivity contribution in [2.45, 2.75) is 73.6 Å². The molecule has 0 saturated heterocycles. The maximum atomic E-state index is 11.2. The number of fused-ring (bicyclic) bond motifs is 5. The second-order valence-electron chi connectivity index (χ2n) is 12.8. The van der Waals surface area contributed by atoms with Crippen LogP contribution >= 0.6 is 0 Å². The maximum absolute atomic E-state index is 11.2. The molecule has 1 N–H and O–H groups in total. The van der Waals surface area contributed by atoms with Gasteiger partial charge < -0.3 is 10.1 Å². The van der Waals surface area contributed by atoms with E-state index in [2.05, 4.69) is 88.4 Å². The molecule has 0 unspecified atom stereocenters. The van der Waals surface area contributed by atoms with E-state index < -0.39 is 0 Å². The fourth-order valence-electron chi connectivity index (χ4n) is 5.24. The quantitative estimate of drug-likeness (QED) is 0.112. The van der Waals surface area contributed by atoms with Crippen molar-refractivity contribution < 1.29 is 30.0 Å². The number of rotatable bonds is 5. The zero-order valence-corrected chi connectivity index (χ0v) is 28.0. The van der Waals surface area contributed by atoms with Crippen molar-refractivity contribution in [2.75, 3.05) is 0 Å². The van der Waals surface area contributed by atoms with Crippen LogP contribution in [-0.4, -0.2) is 15.9 Å². The van der Waals surface area contributed by atoms with Crippen LogP contribution in [-0.2, 0) is 30.3 Å². The Hall–Kier alpha value is -3.07. The van der Waals surface area contributed by atoms with Gasteiger partial charge in [0.1, 0.15) is 0 Å². The summed E-state index contributed by atoms with van der Waals surface area (Å²) in [6, 6.07) is 23.4. The first-order valence-corrected chi connectivity index (χ1v) is 14.3. The number of carbonyl (C=O) groups excluding carboxylic acids is 1. The first kappa shape index (κ1) is 32.4. The number of pyridine rings is 1. The largest absolute Gasteiger partial charge is 0.512 e. The van der Waals surface area contributed by atoms with E-state index in [1.807, 2.05) is 33.9 Å². The summed E-state index contributed by atoms with van der Waals surface area (Å²) >= 11 is 0. The van der Waals surface area contributed by atoms with Crippen LogP contribution in [0.2, 0.25) is 0 Å². The van der Waals surface area contributed by atoms with E-state index in [0.717, 1.165) is 11.3 Å². The Labute approximate surface area is 259 Å². The van der Waals surface area contributed by atoms with Crippen LogP contribution in [0.5, 0.6) is 0 Å². The van der Waals surface area contributed by atoms with Gasteiger partial charge in [-0.25, -0.2) is 0 Å². The molecule has 3 nitrogen and oxygen atoms in total. The van der Waals surface area contributed by atoms with Crippen molar-refractivity contribution in [3.8, 4) is 33.5 Å². The minimum Gasteiger partial charge on any atom is -0.512 e. The van der Waals surface area contributed by atoms with Crippen LogP contribution in [0.15, 0.2) is 72.6 Å². The number of carbonyl (C=O) groups is 1. The molecule has 1 heterocycles. The van der Waals surface area contributed by atoms with Crippen molar-refractivity contribution in [2.24, 2.45) is 11.8 Å². The summed E-state index contributed by atoms with van der Waals surface area (Å²) in [6.07, 6.45) is 4.40. The summed E-state index contributed by atoms with van der Waals surface area (Å²) in [6.45, 7) is 17.0. The third-order valence-electron chi connectivity index (χ3n) is 7.11. The molecule has 1 aliphatic rings. The standard InChI is InChI=1S/C26H22N.C11H20O2.Ir/c1-16-9-10-21-22(13-16)19-7-5-6-8-20(19)23-15-18(26(2,3)4)14-17-11-12-27-25(21)24(17)23;1-8(2)5-10(12)7-11(13)6-9(3)4;/h5-9,11-15H,1-4H3;7-9,12H,5-6H2,1-4H3;/q-1;;/b;10-7-;. The number of ketones is 1. The van der Waals surface area contributed by atoms with E-state index >= 15 is 0 Å². The van der Waals surface area contributed by atoms with E-state index in [1.54, 1.807) is 0 Å². The zero-order valence-electron chi connectivity index (χ0n) is 25.6. The minimum atomic E-state index is 0. The van der Waals surface area contributed by atoms with Crippen molar-refractivity contribution in [1.82, 2.24) is 4.98 Å². The minimum absolute atomic E-state index is 0. The van der Waals surface area contributed by atoms with Crippen LogP contribution in [0.1, 0.15) is 72.4 Å². The van der Waals surface area contributed by atoms with Crippen molar-refractivity contribution in [3.63, 3.8) is 0 Å². The average Bonchev–Trinajstić information content (AvgIpc) is 2.97. The molecule has 1 radical (unpaired) electrons. The number of hydrogen-bond acceptors (Lipinski definition) is 3. The predicted molar refractivity (Wildman–Crippen MR) is 169 cm³/mol. The summed E-state index contributed by atoms with van der Waals surface area (Å²) in [5, 5.41) is 11.8. The Morgan fingerprint density at radius 2 is 1.56 bits per heavy atom. The first-order valence-electron chi connectivity index (χ1n) is 14.3. The van der Waals surface area contributed by atoms with Gasteiger partial charge in [0.2, 0.25) is 0 Å². The first-order chi connectivity index (χ1) is 18.8. The maximum Gasteiger partial charge on any atom is 0.159 e. The van der Waals surface area contributed by atoms with Gasteiger partial charge in [-0.1, -0.05) is 103 Å². The molecule has 3 aromatic carbocycles. The molecule has 0 spiro atoms. The van der Waals surface area contributed by atoms with Crippen LogP contribution in [0.3, 0.4) is 0 Å². The Bertz CT molecular complexity index is 1570. The molecule has 0 atom stereocenters. The number of allylic oxidation sites excluding steroid dienone is 2. The zero-order chi connectivity index (χ0) is 29.2. The van der Waals surface area contributed by atoms with E-state index in [-0.39, 0.29) is 37.1 Å². The fraction of sp³-hybridized carbons (Fsp3) is 0.351. The summed E-state index contributed by atoms with van der Waals surface area (Å²) in [4.78, 5) is 16.0. The van der Waals surface area contributed by atoms with Crippen LogP contribution in [0.4, 0.5) is 0 Å². The predicted octanol–water partition coefficient (Wildman–Crippen LogP) is 10.0. The van der Waals surface area contributed by atoms with Crippen LogP contribution in [0.25, 0.3) is 44.3 Å². The molecule has 0 aliphatic heterocycles. The Balaban J connectivity index is 0.000000284.